The molecule has 0 saturated heterocycles. The van der Waals surface area contributed by atoms with Crippen molar-refractivity contribution < 1.29 is 4.74 Å². The number of rotatable bonds is 4. The predicted molar refractivity (Wildman–Crippen MR) is 61.5 cm³/mol. The Hall–Kier alpha value is -0.830. The first-order chi connectivity index (χ1) is 7.04. The van der Waals surface area contributed by atoms with Crippen LogP contribution in [-0.2, 0) is 0 Å². The summed E-state index contributed by atoms with van der Waals surface area (Å²) in [6.45, 7) is 7.91. The number of aryl methyl sites for hydroxylation is 2. The highest BCUT2D eigenvalue weighted by Crippen LogP contribution is 2.22. The number of hydrogen-bond donors (Lipinski definition) is 0. The van der Waals surface area contributed by atoms with Crippen molar-refractivity contribution in [2.45, 2.75) is 46.6 Å². The van der Waals surface area contributed by atoms with Gasteiger partial charge in [0.25, 0.3) is 5.88 Å². The van der Waals surface area contributed by atoms with Crippen molar-refractivity contribution in [2.75, 3.05) is 0 Å². The van der Waals surface area contributed by atoms with Gasteiger partial charge in [0.05, 0.1) is 17.5 Å². The second kappa shape index (κ2) is 5.31. The average molecular weight is 229 g/mol. The molecule has 0 aliphatic carbocycles. The van der Waals surface area contributed by atoms with Gasteiger partial charge in [-0.2, -0.15) is 0 Å². The fourth-order valence-corrected chi connectivity index (χ4v) is 1.50. The molecule has 0 bridgehead atoms. The molecule has 84 valence electrons. The molecule has 4 heteroatoms. The summed E-state index contributed by atoms with van der Waals surface area (Å²) in [7, 11) is 0. The van der Waals surface area contributed by atoms with Gasteiger partial charge in [0, 0.05) is 0 Å². The summed E-state index contributed by atoms with van der Waals surface area (Å²) >= 11 is 5.95. The van der Waals surface area contributed by atoms with E-state index in [-0.39, 0.29) is 6.10 Å². The van der Waals surface area contributed by atoms with Gasteiger partial charge >= 0.3 is 0 Å². The fourth-order valence-electron chi connectivity index (χ4n) is 1.29. The fraction of sp³-hybridized carbons (Fsp3) is 0.636. The Labute approximate surface area is 95.8 Å². The van der Waals surface area contributed by atoms with Crippen molar-refractivity contribution >= 4 is 11.6 Å². The maximum Gasteiger partial charge on any atom is 0.252 e. The van der Waals surface area contributed by atoms with Gasteiger partial charge < -0.3 is 4.74 Å². The van der Waals surface area contributed by atoms with E-state index in [1.807, 2.05) is 20.8 Å². The zero-order chi connectivity index (χ0) is 11.4. The van der Waals surface area contributed by atoms with Crippen LogP contribution >= 0.6 is 11.6 Å². The molecule has 1 aromatic rings. The SMILES string of the molecule is CCCC(C)Oc1nc(C)c(C)nc1Cl. The number of aromatic nitrogens is 2. The molecule has 0 saturated carbocycles. The number of hydrogen-bond acceptors (Lipinski definition) is 3. The van der Waals surface area contributed by atoms with Gasteiger partial charge in [0.1, 0.15) is 0 Å². The standard InChI is InChI=1S/C11H17ClN2O/c1-5-6-7(2)15-11-10(12)13-8(3)9(4)14-11/h7H,5-6H2,1-4H3. The summed E-state index contributed by atoms with van der Waals surface area (Å²) < 4.78 is 5.62. The third-order valence-corrected chi connectivity index (χ3v) is 2.49. The molecular weight excluding hydrogens is 212 g/mol. The number of nitrogens with zero attached hydrogens (tertiary/aromatic N) is 2. The molecule has 0 N–H and O–H groups in total. The van der Waals surface area contributed by atoms with Crippen LogP contribution in [0.4, 0.5) is 0 Å². The Morgan fingerprint density at radius 2 is 1.87 bits per heavy atom. The van der Waals surface area contributed by atoms with Crippen molar-refractivity contribution in [3.8, 4) is 5.88 Å². The maximum atomic E-state index is 5.95. The van der Waals surface area contributed by atoms with E-state index < -0.39 is 0 Å². The Morgan fingerprint density at radius 1 is 1.27 bits per heavy atom. The molecule has 1 heterocycles. The molecule has 1 unspecified atom stereocenters. The molecule has 0 aliphatic heterocycles. The summed E-state index contributed by atoms with van der Waals surface area (Å²) in [4.78, 5) is 8.44. The quantitative estimate of drug-likeness (QED) is 0.793. The van der Waals surface area contributed by atoms with Crippen molar-refractivity contribution in [1.29, 1.82) is 0 Å². The first kappa shape index (κ1) is 12.2. The summed E-state index contributed by atoms with van der Waals surface area (Å²) in [6.07, 6.45) is 2.20. The largest absolute Gasteiger partial charge is 0.472 e. The van der Waals surface area contributed by atoms with E-state index >= 15 is 0 Å². The van der Waals surface area contributed by atoms with E-state index in [0.29, 0.717) is 11.0 Å². The summed E-state index contributed by atoms with van der Waals surface area (Å²) in [5.74, 6) is 0.445. The van der Waals surface area contributed by atoms with Crippen LogP contribution in [0.25, 0.3) is 0 Å². The van der Waals surface area contributed by atoms with Gasteiger partial charge in [0.2, 0.25) is 0 Å². The monoisotopic (exact) mass is 228 g/mol. The van der Waals surface area contributed by atoms with Crippen LogP contribution in [0.3, 0.4) is 0 Å². The first-order valence-corrected chi connectivity index (χ1v) is 5.59. The predicted octanol–water partition coefficient (Wildman–Crippen LogP) is 3.31. The van der Waals surface area contributed by atoms with Crippen molar-refractivity contribution in [2.24, 2.45) is 0 Å². The van der Waals surface area contributed by atoms with E-state index in [0.717, 1.165) is 24.2 Å². The molecule has 0 aromatic carbocycles. The van der Waals surface area contributed by atoms with Gasteiger partial charge in [-0.3, -0.25) is 0 Å². The third kappa shape index (κ3) is 3.34. The lowest BCUT2D eigenvalue weighted by Gasteiger charge is -2.14. The highest BCUT2D eigenvalue weighted by atomic mass is 35.5. The van der Waals surface area contributed by atoms with Crippen molar-refractivity contribution in [3.63, 3.8) is 0 Å². The van der Waals surface area contributed by atoms with Crippen molar-refractivity contribution in [1.82, 2.24) is 9.97 Å². The second-order valence-electron chi connectivity index (χ2n) is 3.71. The molecule has 0 spiro atoms. The van der Waals surface area contributed by atoms with Gasteiger partial charge in [-0.05, 0) is 27.2 Å². The number of halogens is 1. The normalized spacial score (nSPS) is 12.6. The highest BCUT2D eigenvalue weighted by Gasteiger charge is 2.11. The molecular formula is C11H17ClN2O. The minimum Gasteiger partial charge on any atom is -0.472 e. The molecule has 0 amide bonds. The van der Waals surface area contributed by atoms with Crippen LogP contribution in [0.2, 0.25) is 5.15 Å². The summed E-state index contributed by atoms with van der Waals surface area (Å²) in [6, 6.07) is 0. The average Bonchev–Trinajstić information content (AvgIpc) is 2.14. The van der Waals surface area contributed by atoms with Crippen LogP contribution in [0.5, 0.6) is 5.88 Å². The van der Waals surface area contributed by atoms with E-state index in [9.17, 15) is 0 Å². The Bertz CT molecular complexity index is 342. The lowest BCUT2D eigenvalue weighted by atomic mass is 10.2. The van der Waals surface area contributed by atoms with Gasteiger partial charge in [-0.15, -0.1) is 0 Å². The highest BCUT2D eigenvalue weighted by molar-refractivity contribution is 6.30. The zero-order valence-electron chi connectivity index (χ0n) is 9.67. The van der Waals surface area contributed by atoms with Gasteiger partial charge in [-0.25, -0.2) is 9.97 Å². The third-order valence-electron chi connectivity index (χ3n) is 2.24. The molecule has 0 fully saturated rings. The van der Waals surface area contributed by atoms with Crippen LogP contribution < -0.4 is 4.74 Å². The first-order valence-electron chi connectivity index (χ1n) is 5.22. The van der Waals surface area contributed by atoms with E-state index in [2.05, 4.69) is 16.9 Å². The Balaban J connectivity index is 2.81. The molecule has 1 rings (SSSR count). The van der Waals surface area contributed by atoms with Crippen LogP contribution in [0, 0.1) is 13.8 Å². The topological polar surface area (TPSA) is 35.0 Å². The smallest absolute Gasteiger partial charge is 0.252 e. The molecule has 0 radical (unpaired) electrons. The lowest BCUT2D eigenvalue weighted by Crippen LogP contribution is -2.13. The second-order valence-corrected chi connectivity index (χ2v) is 4.07. The summed E-state index contributed by atoms with van der Waals surface area (Å²) in [5, 5.41) is 0.348. The van der Waals surface area contributed by atoms with E-state index in [4.69, 9.17) is 16.3 Å². The molecule has 1 aromatic heterocycles. The van der Waals surface area contributed by atoms with Gasteiger partial charge in [0.15, 0.2) is 5.15 Å². The van der Waals surface area contributed by atoms with E-state index in [1.165, 1.54) is 0 Å². The minimum absolute atomic E-state index is 0.129. The summed E-state index contributed by atoms with van der Waals surface area (Å²) in [5.41, 5.74) is 1.70. The lowest BCUT2D eigenvalue weighted by molar-refractivity contribution is 0.200. The van der Waals surface area contributed by atoms with Crippen LogP contribution in [-0.4, -0.2) is 16.1 Å². The van der Waals surface area contributed by atoms with Crippen LogP contribution in [0.1, 0.15) is 38.1 Å². The maximum absolute atomic E-state index is 5.95. The Morgan fingerprint density at radius 3 is 2.47 bits per heavy atom. The molecule has 15 heavy (non-hydrogen) atoms. The molecule has 0 aliphatic rings. The molecule has 3 nitrogen and oxygen atoms in total. The van der Waals surface area contributed by atoms with Crippen LogP contribution in [0.15, 0.2) is 0 Å². The zero-order valence-corrected chi connectivity index (χ0v) is 10.4. The minimum atomic E-state index is 0.129. The number of ether oxygens (including phenoxy) is 1. The van der Waals surface area contributed by atoms with Gasteiger partial charge in [-0.1, -0.05) is 24.9 Å². The Kier molecular flexibility index (Phi) is 4.33. The van der Waals surface area contributed by atoms with Crippen molar-refractivity contribution in [3.05, 3.63) is 16.5 Å². The molecule has 1 atom stereocenters. The van der Waals surface area contributed by atoms with E-state index in [1.54, 1.807) is 0 Å².